The standard InChI is InChI=1S/C16H19BrN2/c1-4-13-5-7-14(8-6-13)11-19(3)16-12(2)9-15(17)10-18-16/h5-10H,4,11H2,1-3H3. The number of halogens is 1. The maximum atomic E-state index is 4.49. The molecule has 0 unspecified atom stereocenters. The van der Waals surface area contributed by atoms with E-state index in [1.807, 2.05) is 6.20 Å². The van der Waals surface area contributed by atoms with Gasteiger partial charge in [-0.2, -0.15) is 0 Å². The van der Waals surface area contributed by atoms with Gasteiger partial charge >= 0.3 is 0 Å². The van der Waals surface area contributed by atoms with Gasteiger partial charge in [0.25, 0.3) is 0 Å². The highest BCUT2D eigenvalue weighted by Crippen LogP contribution is 2.21. The fraction of sp³-hybridized carbons (Fsp3) is 0.312. The number of aromatic nitrogens is 1. The second-order valence-corrected chi connectivity index (χ2v) is 5.74. The van der Waals surface area contributed by atoms with Gasteiger partial charge < -0.3 is 4.90 Å². The number of benzene rings is 1. The zero-order chi connectivity index (χ0) is 13.8. The van der Waals surface area contributed by atoms with Crippen molar-refractivity contribution >= 4 is 21.7 Å². The fourth-order valence-electron chi connectivity index (χ4n) is 2.16. The van der Waals surface area contributed by atoms with E-state index in [2.05, 4.69) is 77.0 Å². The third-order valence-electron chi connectivity index (χ3n) is 3.23. The highest BCUT2D eigenvalue weighted by Gasteiger charge is 2.07. The molecule has 2 aromatic rings. The van der Waals surface area contributed by atoms with Crippen molar-refractivity contribution in [3.8, 4) is 0 Å². The summed E-state index contributed by atoms with van der Waals surface area (Å²) in [5, 5.41) is 0. The summed E-state index contributed by atoms with van der Waals surface area (Å²) in [5.41, 5.74) is 3.87. The van der Waals surface area contributed by atoms with Crippen LogP contribution in [0.3, 0.4) is 0 Å². The minimum atomic E-state index is 0.874. The first kappa shape index (κ1) is 14.1. The summed E-state index contributed by atoms with van der Waals surface area (Å²) in [6, 6.07) is 10.9. The molecule has 100 valence electrons. The maximum Gasteiger partial charge on any atom is 0.131 e. The maximum absolute atomic E-state index is 4.49. The van der Waals surface area contributed by atoms with Gasteiger partial charge in [-0.3, -0.25) is 0 Å². The molecule has 2 nitrogen and oxygen atoms in total. The van der Waals surface area contributed by atoms with Gasteiger partial charge in [0.1, 0.15) is 5.82 Å². The Kier molecular flexibility index (Phi) is 4.59. The van der Waals surface area contributed by atoms with Crippen LogP contribution in [0, 0.1) is 6.92 Å². The Hall–Kier alpha value is -1.35. The number of rotatable bonds is 4. The highest BCUT2D eigenvalue weighted by molar-refractivity contribution is 9.10. The van der Waals surface area contributed by atoms with E-state index in [1.165, 1.54) is 16.7 Å². The average molecular weight is 319 g/mol. The topological polar surface area (TPSA) is 16.1 Å². The summed E-state index contributed by atoms with van der Waals surface area (Å²) in [5.74, 6) is 1.03. The molecular formula is C16H19BrN2. The first-order valence-electron chi connectivity index (χ1n) is 6.51. The van der Waals surface area contributed by atoms with Gasteiger partial charge in [0.05, 0.1) is 0 Å². The molecule has 0 spiro atoms. The molecule has 0 N–H and O–H groups in total. The summed E-state index contributed by atoms with van der Waals surface area (Å²) >= 11 is 3.45. The predicted molar refractivity (Wildman–Crippen MR) is 84.6 cm³/mol. The Labute approximate surface area is 123 Å². The number of pyridine rings is 1. The Morgan fingerprint density at radius 2 is 1.79 bits per heavy atom. The van der Waals surface area contributed by atoms with E-state index in [9.17, 15) is 0 Å². The van der Waals surface area contributed by atoms with Crippen molar-refractivity contribution in [1.29, 1.82) is 0 Å². The molecule has 0 amide bonds. The predicted octanol–water partition coefficient (Wildman–Crippen LogP) is 4.35. The van der Waals surface area contributed by atoms with Crippen molar-refractivity contribution in [2.45, 2.75) is 26.8 Å². The summed E-state index contributed by atoms with van der Waals surface area (Å²) in [7, 11) is 2.08. The third kappa shape index (κ3) is 3.57. The molecule has 1 aromatic heterocycles. The summed E-state index contributed by atoms with van der Waals surface area (Å²) < 4.78 is 1.02. The second kappa shape index (κ2) is 6.20. The van der Waals surface area contributed by atoms with Gasteiger partial charge in [0.15, 0.2) is 0 Å². The first-order chi connectivity index (χ1) is 9.10. The molecule has 3 heteroatoms. The average Bonchev–Trinajstić information content (AvgIpc) is 2.39. The van der Waals surface area contributed by atoms with Crippen LogP contribution >= 0.6 is 15.9 Å². The van der Waals surface area contributed by atoms with E-state index >= 15 is 0 Å². The zero-order valence-electron chi connectivity index (χ0n) is 11.7. The molecule has 19 heavy (non-hydrogen) atoms. The van der Waals surface area contributed by atoms with Crippen LogP contribution in [0.25, 0.3) is 0 Å². The number of hydrogen-bond acceptors (Lipinski definition) is 2. The lowest BCUT2D eigenvalue weighted by molar-refractivity contribution is 0.888. The minimum absolute atomic E-state index is 0.874. The van der Waals surface area contributed by atoms with Crippen LogP contribution in [-0.4, -0.2) is 12.0 Å². The van der Waals surface area contributed by atoms with E-state index < -0.39 is 0 Å². The quantitative estimate of drug-likeness (QED) is 0.833. The van der Waals surface area contributed by atoms with Crippen LogP contribution in [0.4, 0.5) is 5.82 Å². The Balaban J connectivity index is 2.13. The smallest absolute Gasteiger partial charge is 0.131 e. The lowest BCUT2D eigenvalue weighted by Crippen LogP contribution is -2.18. The monoisotopic (exact) mass is 318 g/mol. The van der Waals surface area contributed by atoms with Gasteiger partial charge in [-0.1, -0.05) is 31.2 Å². The Morgan fingerprint density at radius 1 is 1.16 bits per heavy atom. The van der Waals surface area contributed by atoms with Gasteiger partial charge in [0, 0.05) is 24.3 Å². The molecule has 0 fully saturated rings. The van der Waals surface area contributed by atoms with Crippen molar-refractivity contribution < 1.29 is 0 Å². The Morgan fingerprint density at radius 3 is 2.37 bits per heavy atom. The second-order valence-electron chi connectivity index (χ2n) is 4.82. The molecule has 0 saturated carbocycles. The molecular weight excluding hydrogens is 300 g/mol. The van der Waals surface area contributed by atoms with Crippen molar-refractivity contribution in [3.63, 3.8) is 0 Å². The van der Waals surface area contributed by atoms with Crippen LogP contribution in [-0.2, 0) is 13.0 Å². The molecule has 2 rings (SSSR count). The van der Waals surface area contributed by atoms with E-state index in [-0.39, 0.29) is 0 Å². The molecule has 0 saturated heterocycles. The van der Waals surface area contributed by atoms with Gasteiger partial charge in [-0.15, -0.1) is 0 Å². The lowest BCUT2D eigenvalue weighted by Gasteiger charge is -2.20. The van der Waals surface area contributed by atoms with Crippen LogP contribution in [0.1, 0.15) is 23.6 Å². The molecule has 1 heterocycles. The number of nitrogens with zero attached hydrogens (tertiary/aromatic N) is 2. The van der Waals surface area contributed by atoms with Crippen molar-refractivity contribution in [2.75, 3.05) is 11.9 Å². The first-order valence-corrected chi connectivity index (χ1v) is 7.30. The van der Waals surface area contributed by atoms with Crippen molar-refractivity contribution in [1.82, 2.24) is 4.98 Å². The van der Waals surface area contributed by atoms with E-state index in [4.69, 9.17) is 0 Å². The molecule has 0 aliphatic rings. The fourth-order valence-corrected chi connectivity index (χ4v) is 2.61. The van der Waals surface area contributed by atoms with Crippen molar-refractivity contribution in [3.05, 3.63) is 57.7 Å². The van der Waals surface area contributed by atoms with E-state index in [1.54, 1.807) is 0 Å². The Bertz CT molecular complexity index is 549. The molecule has 0 aliphatic carbocycles. The van der Waals surface area contributed by atoms with Crippen LogP contribution < -0.4 is 4.90 Å². The number of aryl methyl sites for hydroxylation is 2. The molecule has 0 aliphatic heterocycles. The SMILES string of the molecule is CCc1ccc(CN(C)c2ncc(Br)cc2C)cc1. The summed E-state index contributed by atoms with van der Waals surface area (Å²) in [6.45, 7) is 5.14. The molecule has 0 atom stereocenters. The number of hydrogen-bond donors (Lipinski definition) is 0. The molecule has 0 radical (unpaired) electrons. The van der Waals surface area contributed by atoms with Crippen LogP contribution in [0.2, 0.25) is 0 Å². The van der Waals surface area contributed by atoms with Gasteiger partial charge in [-0.05, 0) is 52.0 Å². The highest BCUT2D eigenvalue weighted by atomic mass is 79.9. The van der Waals surface area contributed by atoms with Gasteiger partial charge in [-0.25, -0.2) is 4.98 Å². The summed E-state index contributed by atoms with van der Waals surface area (Å²) in [4.78, 5) is 6.67. The minimum Gasteiger partial charge on any atom is -0.355 e. The number of anilines is 1. The molecule has 0 bridgehead atoms. The van der Waals surface area contributed by atoms with Crippen LogP contribution in [0.15, 0.2) is 41.0 Å². The van der Waals surface area contributed by atoms with Gasteiger partial charge in [0.2, 0.25) is 0 Å². The third-order valence-corrected chi connectivity index (χ3v) is 3.66. The normalized spacial score (nSPS) is 10.5. The lowest BCUT2D eigenvalue weighted by atomic mass is 10.1. The van der Waals surface area contributed by atoms with Crippen molar-refractivity contribution in [2.24, 2.45) is 0 Å². The van der Waals surface area contributed by atoms with E-state index in [0.29, 0.717) is 0 Å². The van der Waals surface area contributed by atoms with E-state index in [0.717, 1.165) is 23.3 Å². The zero-order valence-corrected chi connectivity index (χ0v) is 13.2. The largest absolute Gasteiger partial charge is 0.355 e. The molecule has 1 aromatic carbocycles. The van der Waals surface area contributed by atoms with Crippen LogP contribution in [0.5, 0.6) is 0 Å². The summed E-state index contributed by atoms with van der Waals surface area (Å²) in [6.07, 6.45) is 2.93.